The molecule has 0 aromatic carbocycles. The number of carbonyl (C=O) groups excluding carboxylic acids is 1. The molecule has 0 atom stereocenters. The SMILES string of the molecule is CCCOC1(CNC(=NC)N2CCC(C(=O)OC)CC2)CCCCC1. The van der Waals surface area contributed by atoms with Crippen molar-refractivity contribution in [2.24, 2.45) is 10.9 Å². The molecule has 144 valence electrons. The fraction of sp³-hybridized carbons (Fsp3) is 0.895. The fourth-order valence-electron chi connectivity index (χ4n) is 3.95. The number of nitrogens with zero attached hydrogens (tertiary/aromatic N) is 2. The molecule has 0 spiro atoms. The molecule has 1 saturated carbocycles. The molecule has 6 nitrogen and oxygen atoms in total. The monoisotopic (exact) mass is 353 g/mol. The first-order chi connectivity index (χ1) is 12.1. The smallest absolute Gasteiger partial charge is 0.308 e. The van der Waals surface area contributed by atoms with Crippen molar-refractivity contribution in [3.63, 3.8) is 0 Å². The van der Waals surface area contributed by atoms with Crippen LogP contribution in [-0.4, -0.2) is 62.8 Å². The minimum Gasteiger partial charge on any atom is -0.469 e. The predicted molar refractivity (Wildman–Crippen MR) is 99.7 cm³/mol. The molecule has 1 heterocycles. The van der Waals surface area contributed by atoms with Gasteiger partial charge in [-0.05, 0) is 32.1 Å². The normalized spacial score (nSPS) is 21.9. The second kappa shape index (κ2) is 10.00. The van der Waals surface area contributed by atoms with E-state index in [1.165, 1.54) is 26.4 Å². The van der Waals surface area contributed by atoms with E-state index in [1.807, 2.05) is 7.05 Å². The van der Waals surface area contributed by atoms with Crippen molar-refractivity contribution in [2.75, 3.05) is 40.4 Å². The summed E-state index contributed by atoms with van der Waals surface area (Å²) in [5, 5.41) is 3.55. The minimum absolute atomic E-state index is 0.0249. The Labute approximate surface area is 152 Å². The Morgan fingerprint density at radius 2 is 1.92 bits per heavy atom. The molecule has 0 bridgehead atoms. The number of methoxy groups -OCH3 is 1. The summed E-state index contributed by atoms with van der Waals surface area (Å²) in [7, 11) is 3.30. The third-order valence-corrected chi connectivity index (χ3v) is 5.49. The number of nitrogens with one attached hydrogen (secondary N) is 1. The Morgan fingerprint density at radius 1 is 1.24 bits per heavy atom. The van der Waals surface area contributed by atoms with E-state index in [0.717, 1.165) is 64.3 Å². The maximum absolute atomic E-state index is 11.7. The first kappa shape index (κ1) is 20.0. The van der Waals surface area contributed by atoms with E-state index in [1.54, 1.807) is 0 Å². The van der Waals surface area contributed by atoms with Crippen LogP contribution < -0.4 is 5.32 Å². The lowest BCUT2D eigenvalue weighted by molar-refractivity contribution is -0.146. The third kappa shape index (κ3) is 5.59. The average molecular weight is 354 g/mol. The minimum atomic E-state index is -0.0864. The molecule has 1 saturated heterocycles. The van der Waals surface area contributed by atoms with E-state index in [0.29, 0.717) is 0 Å². The van der Waals surface area contributed by atoms with Crippen LogP contribution in [0.25, 0.3) is 0 Å². The van der Waals surface area contributed by atoms with Gasteiger partial charge in [0.2, 0.25) is 0 Å². The highest BCUT2D eigenvalue weighted by Gasteiger charge is 2.34. The molecular weight excluding hydrogens is 318 g/mol. The zero-order valence-corrected chi connectivity index (χ0v) is 16.2. The molecule has 0 unspecified atom stereocenters. The van der Waals surface area contributed by atoms with Gasteiger partial charge in [0.15, 0.2) is 5.96 Å². The van der Waals surface area contributed by atoms with Gasteiger partial charge in [-0.25, -0.2) is 0 Å². The third-order valence-electron chi connectivity index (χ3n) is 5.49. The van der Waals surface area contributed by atoms with Crippen LogP contribution in [0.1, 0.15) is 58.3 Å². The number of guanidine groups is 1. The van der Waals surface area contributed by atoms with Crippen molar-refractivity contribution in [2.45, 2.75) is 63.9 Å². The number of hydrogen-bond acceptors (Lipinski definition) is 4. The van der Waals surface area contributed by atoms with Crippen LogP contribution in [0.15, 0.2) is 4.99 Å². The lowest BCUT2D eigenvalue weighted by Crippen LogP contribution is -2.52. The number of hydrogen-bond donors (Lipinski definition) is 1. The van der Waals surface area contributed by atoms with Crippen LogP contribution >= 0.6 is 0 Å². The molecule has 1 N–H and O–H groups in total. The molecule has 1 aliphatic carbocycles. The zero-order chi connectivity index (χ0) is 18.1. The van der Waals surface area contributed by atoms with Gasteiger partial charge >= 0.3 is 5.97 Å². The van der Waals surface area contributed by atoms with Crippen molar-refractivity contribution in [3.05, 3.63) is 0 Å². The number of aliphatic imine (C=N–C) groups is 1. The van der Waals surface area contributed by atoms with Crippen molar-refractivity contribution >= 4 is 11.9 Å². The molecule has 6 heteroatoms. The lowest BCUT2D eigenvalue weighted by Gasteiger charge is -2.39. The molecule has 2 rings (SSSR count). The van der Waals surface area contributed by atoms with E-state index in [2.05, 4.69) is 22.1 Å². The Morgan fingerprint density at radius 3 is 2.48 bits per heavy atom. The van der Waals surface area contributed by atoms with E-state index in [-0.39, 0.29) is 17.5 Å². The maximum Gasteiger partial charge on any atom is 0.308 e. The van der Waals surface area contributed by atoms with Gasteiger partial charge in [0.1, 0.15) is 0 Å². The molecule has 2 aliphatic rings. The zero-order valence-electron chi connectivity index (χ0n) is 16.2. The molecule has 0 aromatic rings. The quantitative estimate of drug-likeness (QED) is 0.452. The van der Waals surface area contributed by atoms with Crippen LogP contribution in [0.5, 0.6) is 0 Å². The van der Waals surface area contributed by atoms with E-state index < -0.39 is 0 Å². The summed E-state index contributed by atoms with van der Waals surface area (Å²) >= 11 is 0. The van der Waals surface area contributed by atoms with Crippen molar-refractivity contribution in [1.29, 1.82) is 0 Å². The maximum atomic E-state index is 11.7. The van der Waals surface area contributed by atoms with E-state index >= 15 is 0 Å². The number of piperidine rings is 1. The summed E-state index contributed by atoms with van der Waals surface area (Å²) in [5.74, 6) is 0.863. The van der Waals surface area contributed by atoms with Gasteiger partial charge in [0.25, 0.3) is 0 Å². The van der Waals surface area contributed by atoms with Gasteiger partial charge in [0.05, 0.1) is 18.6 Å². The summed E-state index contributed by atoms with van der Waals surface area (Å²) in [6.07, 6.45) is 8.76. The average Bonchev–Trinajstić information content (AvgIpc) is 2.67. The van der Waals surface area contributed by atoms with Gasteiger partial charge < -0.3 is 19.7 Å². The van der Waals surface area contributed by atoms with Gasteiger partial charge in [-0.1, -0.05) is 26.2 Å². The molecule has 2 fully saturated rings. The van der Waals surface area contributed by atoms with Crippen LogP contribution in [0, 0.1) is 5.92 Å². The van der Waals surface area contributed by atoms with Crippen LogP contribution in [0.4, 0.5) is 0 Å². The van der Waals surface area contributed by atoms with Crippen LogP contribution in [0.3, 0.4) is 0 Å². The van der Waals surface area contributed by atoms with Crippen molar-refractivity contribution in [3.8, 4) is 0 Å². The second-order valence-electron chi connectivity index (χ2n) is 7.28. The van der Waals surface area contributed by atoms with Crippen molar-refractivity contribution in [1.82, 2.24) is 10.2 Å². The standard InChI is InChI=1S/C19H35N3O3/c1-4-14-25-19(10-6-5-7-11-19)15-21-18(20-2)22-12-8-16(9-13-22)17(23)24-3/h16H,4-15H2,1-3H3,(H,20,21). The summed E-state index contributed by atoms with van der Waals surface area (Å²) in [4.78, 5) is 18.4. The number of rotatable bonds is 6. The first-order valence-corrected chi connectivity index (χ1v) is 9.81. The summed E-state index contributed by atoms with van der Waals surface area (Å²) < 4.78 is 11.1. The summed E-state index contributed by atoms with van der Waals surface area (Å²) in [5.41, 5.74) is -0.0471. The summed E-state index contributed by atoms with van der Waals surface area (Å²) in [6.45, 7) is 5.47. The highest BCUT2D eigenvalue weighted by atomic mass is 16.5. The topological polar surface area (TPSA) is 63.2 Å². The van der Waals surface area contributed by atoms with Gasteiger partial charge in [-0.3, -0.25) is 9.79 Å². The molecule has 0 aromatic heterocycles. The molecule has 0 amide bonds. The van der Waals surface area contributed by atoms with Gasteiger partial charge in [0, 0.05) is 33.3 Å². The number of carbonyl (C=O) groups is 1. The molecular formula is C19H35N3O3. The number of esters is 1. The molecule has 1 aliphatic heterocycles. The van der Waals surface area contributed by atoms with Crippen molar-refractivity contribution < 1.29 is 14.3 Å². The Hall–Kier alpha value is -1.30. The highest BCUT2D eigenvalue weighted by Crippen LogP contribution is 2.31. The Kier molecular flexibility index (Phi) is 8.00. The lowest BCUT2D eigenvalue weighted by atomic mass is 9.84. The Balaban J connectivity index is 1.87. The number of ether oxygens (including phenoxy) is 2. The largest absolute Gasteiger partial charge is 0.469 e. The summed E-state index contributed by atoms with van der Waals surface area (Å²) in [6, 6.07) is 0. The fourth-order valence-corrected chi connectivity index (χ4v) is 3.95. The van der Waals surface area contributed by atoms with Crippen LogP contribution in [-0.2, 0) is 14.3 Å². The highest BCUT2D eigenvalue weighted by molar-refractivity contribution is 5.80. The predicted octanol–water partition coefficient (Wildman–Crippen LogP) is 2.58. The van der Waals surface area contributed by atoms with Crippen LogP contribution in [0.2, 0.25) is 0 Å². The van der Waals surface area contributed by atoms with E-state index in [9.17, 15) is 4.79 Å². The van der Waals surface area contributed by atoms with Gasteiger partial charge in [-0.15, -0.1) is 0 Å². The molecule has 0 radical (unpaired) electrons. The Bertz CT molecular complexity index is 439. The second-order valence-corrected chi connectivity index (χ2v) is 7.28. The molecule has 25 heavy (non-hydrogen) atoms. The number of likely N-dealkylation sites (tertiary alicyclic amines) is 1. The van der Waals surface area contributed by atoms with Gasteiger partial charge in [-0.2, -0.15) is 0 Å². The first-order valence-electron chi connectivity index (χ1n) is 9.81. The van der Waals surface area contributed by atoms with E-state index in [4.69, 9.17) is 9.47 Å².